The van der Waals surface area contributed by atoms with Crippen LogP contribution in [-0.2, 0) is 11.2 Å². The highest BCUT2D eigenvalue weighted by Gasteiger charge is 2.31. The lowest BCUT2D eigenvalue weighted by Gasteiger charge is -2.34. The average molecular weight is 499 g/mol. The van der Waals surface area contributed by atoms with Crippen LogP contribution in [-0.4, -0.2) is 50.0 Å². The largest absolute Gasteiger partial charge is 0.496 e. The van der Waals surface area contributed by atoms with Gasteiger partial charge in [-0.3, -0.25) is 4.79 Å². The molecule has 2 aliphatic rings. The molecule has 0 spiro atoms. The SMILES string of the molecule is COc1cc(N2CCC(Oc3ccc(N4C[C@H](C)C[C@@H]4CC(=O)O)cc3)CC2)c(F)cc1CC(C)C. The Balaban J connectivity index is 1.34. The van der Waals surface area contributed by atoms with E-state index < -0.39 is 5.97 Å². The molecule has 1 N–H and O–H groups in total. The molecular formula is C29H39FN2O4. The quantitative estimate of drug-likeness (QED) is 0.474. The Bertz CT molecular complexity index is 1030. The molecule has 2 heterocycles. The third-order valence-corrected chi connectivity index (χ3v) is 7.27. The average Bonchev–Trinajstić information content (AvgIpc) is 3.19. The van der Waals surface area contributed by atoms with E-state index in [0.29, 0.717) is 17.5 Å². The van der Waals surface area contributed by atoms with E-state index in [4.69, 9.17) is 9.47 Å². The van der Waals surface area contributed by atoms with E-state index in [9.17, 15) is 14.3 Å². The van der Waals surface area contributed by atoms with Crippen molar-refractivity contribution >= 4 is 17.3 Å². The number of halogens is 1. The maximum atomic E-state index is 15.0. The van der Waals surface area contributed by atoms with Crippen molar-refractivity contribution in [3.63, 3.8) is 0 Å². The molecular weight excluding hydrogens is 459 g/mol. The van der Waals surface area contributed by atoms with Crippen molar-refractivity contribution in [2.24, 2.45) is 11.8 Å². The molecule has 0 aromatic heterocycles. The minimum atomic E-state index is -0.754. The predicted octanol–water partition coefficient (Wildman–Crippen LogP) is 5.77. The van der Waals surface area contributed by atoms with E-state index in [1.54, 1.807) is 13.2 Å². The highest BCUT2D eigenvalue weighted by molar-refractivity contribution is 5.69. The standard InChI is InChI=1S/C29H39FN2O4/c1-19(2)13-21-15-26(30)27(17-28(21)35-4)31-11-9-25(10-12-31)36-24-7-5-22(6-8-24)32-18-20(3)14-23(32)16-29(33)34/h5-8,15,17,19-20,23,25H,9-14,16,18H2,1-4H3,(H,33,34)/t20-,23-/m1/s1. The first kappa shape index (κ1) is 26.1. The van der Waals surface area contributed by atoms with Crippen molar-refractivity contribution in [3.05, 3.63) is 47.8 Å². The smallest absolute Gasteiger partial charge is 0.305 e. The van der Waals surface area contributed by atoms with Gasteiger partial charge in [0.2, 0.25) is 0 Å². The van der Waals surface area contributed by atoms with Crippen LogP contribution in [0.15, 0.2) is 36.4 Å². The van der Waals surface area contributed by atoms with Gasteiger partial charge in [-0.25, -0.2) is 4.39 Å². The van der Waals surface area contributed by atoms with Crippen LogP contribution in [0.25, 0.3) is 0 Å². The number of carbonyl (C=O) groups is 1. The fourth-order valence-electron chi connectivity index (χ4n) is 5.60. The minimum absolute atomic E-state index is 0.0343. The Labute approximate surface area is 214 Å². The Kier molecular flexibility index (Phi) is 8.27. The molecule has 2 aliphatic heterocycles. The number of nitrogens with zero attached hydrogens (tertiary/aromatic N) is 2. The molecule has 0 bridgehead atoms. The molecule has 2 fully saturated rings. The summed E-state index contributed by atoms with van der Waals surface area (Å²) in [5, 5.41) is 9.25. The van der Waals surface area contributed by atoms with Crippen LogP contribution in [0.3, 0.4) is 0 Å². The van der Waals surface area contributed by atoms with Gasteiger partial charge in [-0.05, 0) is 60.6 Å². The van der Waals surface area contributed by atoms with Crippen LogP contribution in [0, 0.1) is 17.7 Å². The van der Waals surface area contributed by atoms with Gasteiger partial charge in [-0.1, -0.05) is 20.8 Å². The summed E-state index contributed by atoms with van der Waals surface area (Å²) < 4.78 is 26.8. The van der Waals surface area contributed by atoms with Crippen LogP contribution in [0.5, 0.6) is 11.5 Å². The lowest BCUT2D eigenvalue weighted by atomic mass is 10.00. The number of carboxylic acid groups (broad SMARTS) is 1. The summed E-state index contributed by atoms with van der Waals surface area (Å²) >= 11 is 0. The van der Waals surface area contributed by atoms with Crippen LogP contribution >= 0.6 is 0 Å². The fraction of sp³-hybridized carbons (Fsp3) is 0.552. The van der Waals surface area contributed by atoms with E-state index in [1.165, 1.54) is 0 Å². The lowest BCUT2D eigenvalue weighted by Crippen LogP contribution is -2.38. The van der Waals surface area contributed by atoms with Crippen molar-refractivity contribution in [2.45, 2.75) is 65.0 Å². The molecule has 196 valence electrons. The zero-order valence-corrected chi connectivity index (χ0v) is 21.9. The first-order valence-electron chi connectivity index (χ1n) is 13.1. The molecule has 2 atom stereocenters. The summed E-state index contributed by atoms with van der Waals surface area (Å²) in [7, 11) is 1.64. The van der Waals surface area contributed by atoms with Crippen LogP contribution in [0.1, 0.15) is 52.0 Å². The number of anilines is 2. The maximum absolute atomic E-state index is 15.0. The van der Waals surface area contributed by atoms with Gasteiger partial charge in [0, 0.05) is 50.3 Å². The molecule has 36 heavy (non-hydrogen) atoms. The monoisotopic (exact) mass is 498 g/mol. The topological polar surface area (TPSA) is 62.2 Å². The minimum Gasteiger partial charge on any atom is -0.496 e. The van der Waals surface area contributed by atoms with Crippen LogP contribution in [0.4, 0.5) is 15.8 Å². The summed E-state index contributed by atoms with van der Waals surface area (Å²) in [4.78, 5) is 15.5. The Hall–Kier alpha value is -2.96. The summed E-state index contributed by atoms with van der Waals surface area (Å²) in [5.74, 6) is 1.51. The van der Waals surface area contributed by atoms with E-state index >= 15 is 0 Å². The Morgan fingerprint density at radius 2 is 1.86 bits per heavy atom. The van der Waals surface area contributed by atoms with E-state index in [0.717, 1.165) is 68.1 Å². The van der Waals surface area contributed by atoms with Gasteiger partial charge < -0.3 is 24.4 Å². The molecule has 0 amide bonds. The molecule has 0 aliphatic carbocycles. The molecule has 7 heteroatoms. The summed E-state index contributed by atoms with van der Waals surface area (Å²) in [6.45, 7) is 8.71. The van der Waals surface area contributed by atoms with E-state index in [-0.39, 0.29) is 24.4 Å². The molecule has 2 aromatic rings. The van der Waals surface area contributed by atoms with Gasteiger partial charge in [0.1, 0.15) is 23.4 Å². The molecule has 2 saturated heterocycles. The number of carboxylic acids is 1. The van der Waals surface area contributed by atoms with Crippen molar-refractivity contribution in [1.29, 1.82) is 0 Å². The molecule has 0 radical (unpaired) electrons. The van der Waals surface area contributed by atoms with Gasteiger partial charge in [0.15, 0.2) is 0 Å². The third kappa shape index (κ3) is 6.23. The molecule has 0 unspecified atom stereocenters. The third-order valence-electron chi connectivity index (χ3n) is 7.27. The molecule has 6 nitrogen and oxygen atoms in total. The summed E-state index contributed by atoms with van der Waals surface area (Å²) in [6, 6.07) is 11.5. The molecule has 4 rings (SSSR count). The van der Waals surface area contributed by atoms with Crippen molar-refractivity contribution < 1.29 is 23.8 Å². The number of piperidine rings is 1. The number of hydrogen-bond acceptors (Lipinski definition) is 5. The molecule has 0 saturated carbocycles. The number of hydrogen-bond donors (Lipinski definition) is 1. The number of ether oxygens (including phenoxy) is 2. The van der Waals surface area contributed by atoms with E-state index in [1.807, 2.05) is 30.3 Å². The van der Waals surface area contributed by atoms with Gasteiger partial charge >= 0.3 is 5.97 Å². The highest BCUT2D eigenvalue weighted by atomic mass is 19.1. The Morgan fingerprint density at radius 3 is 2.47 bits per heavy atom. The Morgan fingerprint density at radius 1 is 1.17 bits per heavy atom. The predicted molar refractivity (Wildman–Crippen MR) is 141 cm³/mol. The van der Waals surface area contributed by atoms with E-state index in [2.05, 4.69) is 30.6 Å². The first-order valence-corrected chi connectivity index (χ1v) is 13.1. The fourth-order valence-corrected chi connectivity index (χ4v) is 5.60. The zero-order valence-electron chi connectivity index (χ0n) is 21.9. The van der Waals surface area contributed by atoms with Crippen molar-refractivity contribution in [3.8, 4) is 11.5 Å². The van der Waals surface area contributed by atoms with Crippen LogP contribution in [0.2, 0.25) is 0 Å². The zero-order chi connectivity index (χ0) is 25.8. The van der Waals surface area contributed by atoms with Gasteiger partial charge in [0.25, 0.3) is 0 Å². The second-order valence-electron chi connectivity index (χ2n) is 10.8. The number of aliphatic carboxylic acids is 1. The first-order chi connectivity index (χ1) is 17.2. The second-order valence-corrected chi connectivity index (χ2v) is 10.8. The highest BCUT2D eigenvalue weighted by Crippen LogP contribution is 2.34. The van der Waals surface area contributed by atoms with Crippen molar-refractivity contribution in [2.75, 3.05) is 36.5 Å². The van der Waals surface area contributed by atoms with Crippen LogP contribution < -0.4 is 19.3 Å². The van der Waals surface area contributed by atoms with Gasteiger partial charge in [0.05, 0.1) is 19.2 Å². The summed E-state index contributed by atoms with van der Waals surface area (Å²) in [6.07, 6.45) is 3.53. The lowest BCUT2D eigenvalue weighted by molar-refractivity contribution is -0.137. The van der Waals surface area contributed by atoms with Gasteiger partial charge in [-0.2, -0.15) is 0 Å². The summed E-state index contributed by atoms with van der Waals surface area (Å²) in [5.41, 5.74) is 2.55. The normalized spacial score (nSPS) is 20.7. The second kappa shape index (κ2) is 11.4. The molecule has 2 aromatic carbocycles. The van der Waals surface area contributed by atoms with Gasteiger partial charge in [-0.15, -0.1) is 0 Å². The number of benzene rings is 2. The maximum Gasteiger partial charge on any atom is 0.305 e. The number of methoxy groups -OCH3 is 1. The van der Waals surface area contributed by atoms with Crippen molar-refractivity contribution in [1.82, 2.24) is 0 Å². The number of rotatable bonds is 9.